The number of rotatable bonds is 6. The van der Waals surface area contributed by atoms with Crippen LogP contribution in [0, 0.1) is 0 Å². The number of aliphatic hydroxyl groups excluding tert-OH is 1. The molecule has 0 fully saturated rings. The summed E-state index contributed by atoms with van der Waals surface area (Å²) in [5.41, 5.74) is 0.761. The number of para-hydroxylation sites is 2. The lowest BCUT2D eigenvalue weighted by Crippen LogP contribution is -1.98. The number of aromatic nitrogens is 1. The van der Waals surface area contributed by atoms with E-state index in [0.717, 1.165) is 12.0 Å². The van der Waals surface area contributed by atoms with Crippen molar-refractivity contribution in [2.24, 2.45) is 0 Å². The van der Waals surface area contributed by atoms with E-state index < -0.39 is 0 Å². The molecule has 2 aromatic rings. The number of aliphatic hydroxyl groups is 1. The van der Waals surface area contributed by atoms with E-state index >= 15 is 0 Å². The Morgan fingerprint density at radius 1 is 1.16 bits per heavy atom. The molecule has 0 saturated carbocycles. The largest absolute Gasteiger partial charge is 0.490 e. The van der Waals surface area contributed by atoms with Gasteiger partial charge in [0, 0.05) is 12.3 Å². The van der Waals surface area contributed by atoms with Gasteiger partial charge in [0.15, 0.2) is 11.5 Å². The number of pyridine rings is 1. The van der Waals surface area contributed by atoms with Crippen molar-refractivity contribution in [3.8, 4) is 17.4 Å². The molecule has 1 aromatic heterocycles. The highest BCUT2D eigenvalue weighted by atomic mass is 16.5. The summed E-state index contributed by atoms with van der Waals surface area (Å²) in [4.78, 5) is 4.12. The van der Waals surface area contributed by atoms with Crippen LogP contribution in [0.4, 0.5) is 0 Å². The van der Waals surface area contributed by atoms with E-state index in [2.05, 4.69) is 11.9 Å². The molecule has 0 aliphatic heterocycles. The molecule has 0 bridgehead atoms. The predicted molar refractivity (Wildman–Crippen MR) is 72.5 cm³/mol. The normalized spacial score (nSPS) is 10.2. The molecule has 4 heteroatoms. The van der Waals surface area contributed by atoms with Crippen molar-refractivity contribution < 1.29 is 14.6 Å². The second-order valence-corrected chi connectivity index (χ2v) is 4.06. The van der Waals surface area contributed by atoms with Gasteiger partial charge < -0.3 is 14.6 Å². The minimum atomic E-state index is -0.0349. The third kappa shape index (κ3) is 3.69. The third-order valence-electron chi connectivity index (χ3n) is 2.51. The van der Waals surface area contributed by atoms with Crippen LogP contribution in [0.3, 0.4) is 0 Å². The Morgan fingerprint density at radius 3 is 2.68 bits per heavy atom. The van der Waals surface area contributed by atoms with Crippen LogP contribution in [0.2, 0.25) is 0 Å². The SMILES string of the molecule is CCCOc1ccccc1Oc1cc(CO)ccn1. The molecule has 4 nitrogen and oxygen atoms in total. The first-order valence-corrected chi connectivity index (χ1v) is 6.29. The van der Waals surface area contributed by atoms with Crippen molar-refractivity contribution in [3.05, 3.63) is 48.2 Å². The number of nitrogens with zero attached hydrogens (tertiary/aromatic N) is 1. The quantitative estimate of drug-likeness (QED) is 0.865. The summed E-state index contributed by atoms with van der Waals surface area (Å²) in [7, 11) is 0. The van der Waals surface area contributed by atoms with Gasteiger partial charge >= 0.3 is 0 Å². The van der Waals surface area contributed by atoms with Crippen molar-refractivity contribution in [2.45, 2.75) is 20.0 Å². The molecule has 100 valence electrons. The van der Waals surface area contributed by atoms with Gasteiger partial charge in [-0.1, -0.05) is 19.1 Å². The fourth-order valence-electron chi connectivity index (χ4n) is 1.58. The van der Waals surface area contributed by atoms with Gasteiger partial charge in [0.1, 0.15) is 0 Å². The second kappa shape index (κ2) is 6.75. The predicted octanol–water partition coefficient (Wildman–Crippen LogP) is 3.16. The number of hydrogen-bond donors (Lipinski definition) is 1. The Kier molecular flexibility index (Phi) is 4.75. The molecule has 0 aliphatic carbocycles. The summed E-state index contributed by atoms with van der Waals surface area (Å²) in [5, 5.41) is 9.09. The van der Waals surface area contributed by atoms with Crippen molar-refractivity contribution in [1.29, 1.82) is 0 Å². The van der Waals surface area contributed by atoms with Crippen LogP contribution < -0.4 is 9.47 Å². The van der Waals surface area contributed by atoms with E-state index in [4.69, 9.17) is 14.6 Å². The summed E-state index contributed by atoms with van der Waals surface area (Å²) in [6.45, 7) is 2.66. The van der Waals surface area contributed by atoms with E-state index in [9.17, 15) is 0 Å². The van der Waals surface area contributed by atoms with Crippen molar-refractivity contribution in [2.75, 3.05) is 6.61 Å². The first-order chi connectivity index (χ1) is 9.33. The highest BCUT2D eigenvalue weighted by molar-refractivity contribution is 5.41. The Hall–Kier alpha value is -2.07. The standard InChI is InChI=1S/C15H17NO3/c1-2-9-18-13-5-3-4-6-14(13)19-15-10-12(11-17)7-8-16-15/h3-8,10,17H,2,9,11H2,1H3. The van der Waals surface area contributed by atoms with Crippen molar-refractivity contribution >= 4 is 0 Å². The summed E-state index contributed by atoms with van der Waals surface area (Å²) in [6.07, 6.45) is 2.54. The molecule has 0 unspecified atom stereocenters. The van der Waals surface area contributed by atoms with Gasteiger partial charge in [-0.05, 0) is 30.2 Å². The van der Waals surface area contributed by atoms with Gasteiger partial charge in [-0.15, -0.1) is 0 Å². The molecule has 0 spiro atoms. The highest BCUT2D eigenvalue weighted by Gasteiger charge is 2.06. The van der Waals surface area contributed by atoms with E-state index in [0.29, 0.717) is 24.0 Å². The van der Waals surface area contributed by atoms with E-state index in [1.807, 2.05) is 24.3 Å². The molecule has 0 amide bonds. The smallest absolute Gasteiger partial charge is 0.219 e. The van der Waals surface area contributed by atoms with Gasteiger partial charge in [0.05, 0.1) is 13.2 Å². The summed E-state index contributed by atoms with van der Waals surface area (Å²) in [6, 6.07) is 10.9. The van der Waals surface area contributed by atoms with Gasteiger partial charge in [-0.2, -0.15) is 0 Å². The lowest BCUT2D eigenvalue weighted by Gasteiger charge is -2.11. The van der Waals surface area contributed by atoms with Crippen LogP contribution in [0.1, 0.15) is 18.9 Å². The van der Waals surface area contributed by atoms with Gasteiger partial charge in [0.2, 0.25) is 5.88 Å². The van der Waals surface area contributed by atoms with E-state index in [1.54, 1.807) is 18.3 Å². The molecule has 19 heavy (non-hydrogen) atoms. The van der Waals surface area contributed by atoms with Crippen LogP contribution in [-0.2, 0) is 6.61 Å². The molecule has 1 aromatic carbocycles. The van der Waals surface area contributed by atoms with Gasteiger partial charge in [-0.25, -0.2) is 4.98 Å². The summed E-state index contributed by atoms with van der Waals surface area (Å²) < 4.78 is 11.3. The Labute approximate surface area is 112 Å². The maximum absolute atomic E-state index is 9.09. The maximum atomic E-state index is 9.09. The van der Waals surface area contributed by atoms with Crippen molar-refractivity contribution in [3.63, 3.8) is 0 Å². The monoisotopic (exact) mass is 259 g/mol. The maximum Gasteiger partial charge on any atom is 0.219 e. The minimum Gasteiger partial charge on any atom is -0.490 e. The Bertz CT molecular complexity index is 528. The first-order valence-electron chi connectivity index (χ1n) is 6.29. The molecule has 1 N–H and O–H groups in total. The highest BCUT2D eigenvalue weighted by Crippen LogP contribution is 2.30. The lowest BCUT2D eigenvalue weighted by molar-refractivity contribution is 0.280. The second-order valence-electron chi connectivity index (χ2n) is 4.06. The zero-order valence-electron chi connectivity index (χ0n) is 10.9. The van der Waals surface area contributed by atoms with E-state index in [-0.39, 0.29) is 6.61 Å². The molecule has 1 heterocycles. The van der Waals surface area contributed by atoms with Crippen LogP contribution in [0.25, 0.3) is 0 Å². The average molecular weight is 259 g/mol. The summed E-state index contributed by atoms with van der Waals surface area (Å²) >= 11 is 0. The molecule has 2 rings (SSSR count). The third-order valence-corrected chi connectivity index (χ3v) is 2.51. The fourth-order valence-corrected chi connectivity index (χ4v) is 1.58. The van der Waals surface area contributed by atoms with Gasteiger partial charge in [0.25, 0.3) is 0 Å². The Morgan fingerprint density at radius 2 is 1.95 bits per heavy atom. The number of benzene rings is 1. The van der Waals surface area contributed by atoms with Crippen LogP contribution in [-0.4, -0.2) is 16.7 Å². The lowest BCUT2D eigenvalue weighted by atomic mass is 10.3. The van der Waals surface area contributed by atoms with E-state index in [1.165, 1.54) is 0 Å². The van der Waals surface area contributed by atoms with Crippen LogP contribution in [0.5, 0.6) is 17.4 Å². The zero-order chi connectivity index (χ0) is 13.5. The minimum absolute atomic E-state index is 0.0349. The molecular weight excluding hydrogens is 242 g/mol. The molecule has 0 aliphatic rings. The topological polar surface area (TPSA) is 51.6 Å². The number of hydrogen-bond acceptors (Lipinski definition) is 4. The molecule has 0 saturated heterocycles. The van der Waals surface area contributed by atoms with Crippen LogP contribution in [0.15, 0.2) is 42.6 Å². The number of ether oxygens (including phenoxy) is 2. The molecule has 0 atom stereocenters. The molecule has 0 radical (unpaired) electrons. The zero-order valence-corrected chi connectivity index (χ0v) is 10.9. The van der Waals surface area contributed by atoms with Crippen LogP contribution >= 0.6 is 0 Å². The van der Waals surface area contributed by atoms with Gasteiger partial charge in [-0.3, -0.25) is 0 Å². The average Bonchev–Trinajstić information content (AvgIpc) is 2.46. The Balaban J connectivity index is 2.17. The fraction of sp³-hybridized carbons (Fsp3) is 0.267. The molecular formula is C15H17NO3. The summed E-state index contributed by atoms with van der Waals surface area (Å²) in [5.74, 6) is 1.76. The first kappa shape index (κ1) is 13.4. The van der Waals surface area contributed by atoms with Crippen molar-refractivity contribution in [1.82, 2.24) is 4.98 Å².